The van der Waals surface area contributed by atoms with E-state index in [0.29, 0.717) is 6.42 Å². The fourth-order valence-corrected chi connectivity index (χ4v) is 1.46. The lowest BCUT2D eigenvalue weighted by atomic mass is 10.2. The zero-order chi connectivity index (χ0) is 11.5. The molecule has 0 amide bonds. The quantitative estimate of drug-likeness (QED) is 0.831. The highest BCUT2D eigenvalue weighted by molar-refractivity contribution is 5.66. The molecule has 5 heteroatoms. The Balaban J connectivity index is 2.17. The molecule has 0 fully saturated rings. The van der Waals surface area contributed by atoms with Gasteiger partial charge in [0.2, 0.25) is 0 Å². The van der Waals surface area contributed by atoms with E-state index in [1.54, 1.807) is 0 Å². The van der Waals surface area contributed by atoms with E-state index in [2.05, 4.69) is 10.1 Å². The summed E-state index contributed by atoms with van der Waals surface area (Å²) >= 11 is 0. The molecule has 0 spiro atoms. The van der Waals surface area contributed by atoms with Crippen LogP contribution in [0.25, 0.3) is 0 Å². The van der Waals surface area contributed by atoms with Gasteiger partial charge in [0.25, 0.3) is 0 Å². The van der Waals surface area contributed by atoms with Crippen molar-refractivity contribution in [2.75, 3.05) is 0 Å². The van der Waals surface area contributed by atoms with Gasteiger partial charge in [0.15, 0.2) is 0 Å². The van der Waals surface area contributed by atoms with Crippen LogP contribution in [-0.2, 0) is 6.42 Å². The molecular formula is C11H11N3O2. The topological polar surface area (TPSA) is 68.0 Å². The molecule has 0 saturated carbocycles. The van der Waals surface area contributed by atoms with Crippen molar-refractivity contribution in [2.24, 2.45) is 0 Å². The summed E-state index contributed by atoms with van der Waals surface area (Å²) in [5.74, 6) is 0. The molecule has 1 N–H and O–H groups in total. The van der Waals surface area contributed by atoms with Crippen LogP contribution in [0.3, 0.4) is 0 Å². The molecule has 16 heavy (non-hydrogen) atoms. The van der Waals surface area contributed by atoms with Gasteiger partial charge in [-0.05, 0) is 24.6 Å². The van der Waals surface area contributed by atoms with Crippen LogP contribution in [0, 0.1) is 6.92 Å². The fourth-order valence-electron chi connectivity index (χ4n) is 1.46. The molecule has 5 nitrogen and oxygen atoms in total. The molecule has 2 heterocycles. The maximum atomic E-state index is 10.6. The Bertz CT molecular complexity index is 519. The van der Waals surface area contributed by atoms with Gasteiger partial charge < -0.3 is 5.11 Å². The molecule has 2 aromatic rings. The van der Waals surface area contributed by atoms with Crippen LogP contribution in [0.2, 0.25) is 0 Å². The van der Waals surface area contributed by atoms with E-state index in [0.717, 1.165) is 21.6 Å². The number of carbonyl (C=O) groups is 1. The van der Waals surface area contributed by atoms with Crippen molar-refractivity contribution >= 4 is 6.09 Å². The van der Waals surface area contributed by atoms with Gasteiger partial charge in [0.05, 0.1) is 6.20 Å². The van der Waals surface area contributed by atoms with Gasteiger partial charge in [-0.1, -0.05) is 6.07 Å². The highest BCUT2D eigenvalue weighted by atomic mass is 16.4. The normalized spacial score (nSPS) is 10.3. The zero-order valence-electron chi connectivity index (χ0n) is 8.79. The van der Waals surface area contributed by atoms with Crippen molar-refractivity contribution in [3.05, 3.63) is 47.5 Å². The van der Waals surface area contributed by atoms with Crippen molar-refractivity contribution < 1.29 is 9.90 Å². The predicted molar refractivity (Wildman–Crippen MR) is 57.4 cm³/mol. The second-order valence-electron chi connectivity index (χ2n) is 3.52. The molecule has 2 aromatic heterocycles. The first-order chi connectivity index (χ1) is 7.65. The van der Waals surface area contributed by atoms with Gasteiger partial charge in [0.1, 0.15) is 0 Å². The summed E-state index contributed by atoms with van der Waals surface area (Å²) in [6, 6.07) is 5.76. The first-order valence-corrected chi connectivity index (χ1v) is 4.84. The Morgan fingerprint density at radius 2 is 2.31 bits per heavy atom. The molecule has 0 aromatic carbocycles. The SMILES string of the molecule is Cc1cccc(Cc2cnn(C(=O)O)c2)n1. The smallest absolute Gasteiger partial charge is 0.432 e. The van der Waals surface area contributed by atoms with Crippen LogP contribution in [-0.4, -0.2) is 26.0 Å². The highest BCUT2D eigenvalue weighted by Gasteiger charge is 2.05. The van der Waals surface area contributed by atoms with E-state index in [1.165, 1.54) is 12.4 Å². The molecule has 0 aliphatic heterocycles. The number of hydrogen-bond donors (Lipinski definition) is 1. The van der Waals surface area contributed by atoms with Gasteiger partial charge in [-0.3, -0.25) is 4.98 Å². The largest absolute Gasteiger partial charge is 0.463 e. The molecule has 0 saturated heterocycles. The number of carboxylic acid groups (broad SMARTS) is 1. The third-order valence-electron chi connectivity index (χ3n) is 2.16. The Kier molecular flexibility index (Phi) is 2.68. The van der Waals surface area contributed by atoms with Crippen LogP contribution >= 0.6 is 0 Å². The average molecular weight is 217 g/mol. The van der Waals surface area contributed by atoms with Crippen molar-refractivity contribution in [2.45, 2.75) is 13.3 Å². The molecule has 2 rings (SSSR count). The number of nitrogens with zero attached hydrogens (tertiary/aromatic N) is 3. The highest BCUT2D eigenvalue weighted by Crippen LogP contribution is 2.07. The van der Waals surface area contributed by atoms with Gasteiger partial charge in [-0.25, -0.2) is 4.79 Å². The molecule has 0 aliphatic rings. The first-order valence-electron chi connectivity index (χ1n) is 4.84. The van der Waals surface area contributed by atoms with Crippen LogP contribution in [0.5, 0.6) is 0 Å². The summed E-state index contributed by atoms with van der Waals surface area (Å²) in [6.07, 6.45) is 2.54. The molecular weight excluding hydrogens is 206 g/mol. The lowest BCUT2D eigenvalue weighted by Crippen LogP contribution is -2.07. The number of rotatable bonds is 2. The Morgan fingerprint density at radius 1 is 1.50 bits per heavy atom. The molecule has 0 radical (unpaired) electrons. The van der Waals surface area contributed by atoms with Crippen molar-refractivity contribution in [3.8, 4) is 0 Å². The maximum absolute atomic E-state index is 10.6. The van der Waals surface area contributed by atoms with Gasteiger partial charge in [0, 0.05) is 24.0 Å². The molecule has 82 valence electrons. The minimum absolute atomic E-state index is 0.592. The summed E-state index contributed by atoms with van der Waals surface area (Å²) < 4.78 is 0.894. The Labute approximate surface area is 92.4 Å². The summed E-state index contributed by atoms with van der Waals surface area (Å²) in [6.45, 7) is 1.92. The van der Waals surface area contributed by atoms with Crippen molar-refractivity contribution in [3.63, 3.8) is 0 Å². The monoisotopic (exact) mass is 217 g/mol. The van der Waals surface area contributed by atoms with E-state index >= 15 is 0 Å². The Hall–Kier alpha value is -2.17. The van der Waals surface area contributed by atoms with E-state index in [-0.39, 0.29) is 0 Å². The third kappa shape index (κ3) is 2.25. The second kappa shape index (κ2) is 4.14. The van der Waals surface area contributed by atoms with E-state index in [9.17, 15) is 4.79 Å². The van der Waals surface area contributed by atoms with Gasteiger partial charge >= 0.3 is 6.09 Å². The van der Waals surface area contributed by atoms with Gasteiger partial charge in [-0.15, -0.1) is 0 Å². The predicted octanol–water partition coefficient (Wildman–Crippen LogP) is 1.70. The first kappa shape index (κ1) is 10.4. The van der Waals surface area contributed by atoms with Crippen molar-refractivity contribution in [1.29, 1.82) is 0 Å². The molecule has 0 atom stereocenters. The second-order valence-corrected chi connectivity index (χ2v) is 3.52. The summed E-state index contributed by atoms with van der Waals surface area (Å²) in [4.78, 5) is 14.9. The number of aryl methyl sites for hydroxylation is 1. The third-order valence-corrected chi connectivity index (χ3v) is 2.16. The number of pyridine rings is 1. The molecule has 0 bridgehead atoms. The summed E-state index contributed by atoms with van der Waals surface area (Å²) in [5.41, 5.74) is 2.69. The lowest BCUT2D eigenvalue weighted by Gasteiger charge is -1.98. The van der Waals surface area contributed by atoms with E-state index in [4.69, 9.17) is 5.11 Å². The lowest BCUT2D eigenvalue weighted by molar-refractivity contribution is 0.192. The standard InChI is InChI=1S/C11H11N3O2/c1-8-3-2-4-10(13-8)5-9-6-12-14(7-9)11(15)16/h2-4,6-7H,5H2,1H3,(H,15,16). The van der Waals surface area contributed by atoms with Crippen LogP contribution in [0.4, 0.5) is 4.79 Å². The number of aromatic nitrogens is 3. The van der Waals surface area contributed by atoms with E-state index in [1.807, 2.05) is 25.1 Å². The van der Waals surface area contributed by atoms with Crippen LogP contribution in [0.1, 0.15) is 17.0 Å². The van der Waals surface area contributed by atoms with Gasteiger partial charge in [-0.2, -0.15) is 9.78 Å². The molecule has 0 unspecified atom stereocenters. The minimum atomic E-state index is -1.08. The summed E-state index contributed by atoms with van der Waals surface area (Å²) in [5, 5.41) is 12.4. The van der Waals surface area contributed by atoms with Crippen LogP contribution < -0.4 is 0 Å². The number of hydrogen-bond acceptors (Lipinski definition) is 3. The minimum Gasteiger partial charge on any atom is -0.463 e. The summed E-state index contributed by atoms with van der Waals surface area (Å²) in [7, 11) is 0. The Morgan fingerprint density at radius 3 is 2.94 bits per heavy atom. The van der Waals surface area contributed by atoms with Crippen molar-refractivity contribution in [1.82, 2.24) is 14.8 Å². The fraction of sp³-hybridized carbons (Fsp3) is 0.182. The van der Waals surface area contributed by atoms with E-state index < -0.39 is 6.09 Å². The zero-order valence-corrected chi connectivity index (χ0v) is 8.79. The average Bonchev–Trinajstić information content (AvgIpc) is 2.66. The maximum Gasteiger partial charge on any atom is 0.432 e. The van der Waals surface area contributed by atoms with Crippen LogP contribution in [0.15, 0.2) is 30.6 Å². The molecule has 0 aliphatic carbocycles.